The highest BCUT2D eigenvalue weighted by Gasteiger charge is 2.28. The SMILES string of the molecule is CCC1(C)CN(CCOc2ccc(Br)cc2)CCN1. The van der Waals surface area contributed by atoms with Gasteiger partial charge in [-0.15, -0.1) is 0 Å². The van der Waals surface area contributed by atoms with E-state index in [1.54, 1.807) is 0 Å². The molecule has 19 heavy (non-hydrogen) atoms. The van der Waals surface area contributed by atoms with Crippen molar-refractivity contribution < 1.29 is 4.74 Å². The minimum absolute atomic E-state index is 0.260. The van der Waals surface area contributed by atoms with Gasteiger partial charge in [0.15, 0.2) is 0 Å². The van der Waals surface area contributed by atoms with Crippen LogP contribution in [0.25, 0.3) is 0 Å². The molecule has 1 aromatic carbocycles. The molecule has 0 bridgehead atoms. The van der Waals surface area contributed by atoms with Gasteiger partial charge in [-0.3, -0.25) is 4.90 Å². The van der Waals surface area contributed by atoms with Crippen molar-refractivity contribution >= 4 is 15.9 Å². The molecule has 1 aromatic rings. The van der Waals surface area contributed by atoms with Crippen LogP contribution in [-0.4, -0.2) is 43.2 Å². The standard InChI is InChI=1S/C15H23BrN2O/c1-3-15(2)12-18(9-8-17-15)10-11-19-14-6-4-13(16)5-7-14/h4-7,17H,3,8-12H2,1-2H3. The van der Waals surface area contributed by atoms with Gasteiger partial charge in [-0.1, -0.05) is 22.9 Å². The minimum atomic E-state index is 0.260. The number of nitrogens with zero attached hydrogens (tertiary/aromatic N) is 1. The van der Waals surface area contributed by atoms with Crippen molar-refractivity contribution in [2.45, 2.75) is 25.8 Å². The predicted octanol–water partition coefficient (Wildman–Crippen LogP) is 2.90. The van der Waals surface area contributed by atoms with Gasteiger partial charge in [-0.2, -0.15) is 0 Å². The average Bonchev–Trinajstić information content (AvgIpc) is 2.41. The number of hydrogen-bond donors (Lipinski definition) is 1. The molecule has 1 aliphatic rings. The first-order valence-corrected chi connectivity index (χ1v) is 7.76. The van der Waals surface area contributed by atoms with Crippen molar-refractivity contribution in [3.8, 4) is 5.75 Å². The zero-order valence-electron chi connectivity index (χ0n) is 11.8. The Kier molecular flexibility index (Phi) is 5.25. The Morgan fingerprint density at radius 1 is 1.37 bits per heavy atom. The normalized spacial score (nSPS) is 24.4. The maximum absolute atomic E-state index is 5.78. The average molecular weight is 327 g/mol. The number of hydrogen-bond acceptors (Lipinski definition) is 3. The third-order valence-electron chi connectivity index (χ3n) is 3.82. The lowest BCUT2D eigenvalue weighted by molar-refractivity contribution is 0.121. The van der Waals surface area contributed by atoms with E-state index >= 15 is 0 Å². The second kappa shape index (κ2) is 6.73. The fraction of sp³-hybridized carbons (Fsp3) is 0.600. The monoisotopic (exact) mass is 326 g/mol. The number of benzene rings is 1. The second-order valence-electron chi connectivity index (χ2n) is 5.42. The highest BCUT2D eigenvalue weighted by molar-refractivity contribution is 9.10. The first kappa shape index (κ1) is 14.8. The van der Waals surface area contributed by atoms with Gasteiger partial charge in [0.25, 0.3) is 0 Å². The smallest absolute Gasteiger partial charge is 0.119 e. The van der Waals surface area contributed by atoms with Crippen molar-refractivity contribution in [2.75, 3.05) is 32.8 Å². The third kappa shape index (κ3) is 4.48. The summed E-state index contributed by atoms with van der Waals surface area (Å²) in [7, 11) is 0. The van der Waals surface area contributed by atoms with Crippen LogP contribution in [0, 0.1) is 0 Å². The molecule has 1 saturated heterocycles. The fourth-order valence-electron chi connectivity index (χ4n) is 2.40. The maximum Gasteiger partial charge on any atom is 0.119 e. The van der Waals surface area contributed by atoms with Crippen LogP contribution in [0.5, 0.6) is 5.75 Å². The van der Waals surface area contributed by atoms with Gasteiger partial charge >= 0.3 is 0 Å². The zero-order valence-corrected chi connectivity index (χ0v) is 13.4. The lowest BCUT2D eigenvalue weighted by Gasteiger charge is -2.41. The molecule has 0 spiro atoms. The largest absolute Gasteiger partial charge is 0.492 e. The molecule has 1 atom stereocenters. The van der Waals surface area contributed by atoms with E-state index in [1.165, 1.54) is 0 Å². The topological polar surface area (TPSA) is 24.5 Å². The number of halogens is 1. The van der Waals surface area contributed by atoms with Crippen LogP contribution >= 0.6 is 15.9 Å². The van der Waals surface area contributed by atoms with E-state index in [9.17, 15) is 0 Å². The van der Waals surface area contributed by atoms with Gasteiger partial charge in [-0.25, -0.2) is 0 Å². The number of piperazine rings is 1. The summed E-state index contributed by atoms with van der Waals surface area (Å²) in [6.07, 6.45) is 1.16. The van der Waals surface area contributed by atoms with Gasteiger partial charge in [0, 0.05) is 36.2 Å². The Morgan fingerprint density at radius 2 is 2.11 bits per heavy atom. The van der Waals surface area contributed by atoms with E-state index in [0.29, 0.717) is 0 Å². The summed E-state index contributed by atoms with van der Waals surface area (Å²) in [6.45, 7) is 9.58. The molecule has 0 aromatic heterocycles. The highest BCUT2D eigenvalue weighted by Crippen LogP contribution is 2.17. The lowest BCUT2D eigenvalue weighted by atomic mass is 9.96. The van der Waals surface area contributed by atoms with Crippen LogP contribution in [0.4, 0.5) is 0 Å². The van der Waals surface area contributed by atoms with E-state index in [2.05, 4.69) is 40.0 Å². The Morgan fingerprint density at radius 3 is 2.79 bits per heavy atom. The van der Waals surface area contributed by atoms with Gasteiger partial charge in [0.05, 0.1) is 0 Å². The van der Waals surface area contributed by atoms with Crippen molar-refractivity contribution in [3.63, 3.8) is 0 Å². The van der Waals surface area contributed by atoms with Crippen molar-refractivity contribution in [3.05, 3.63) is 28.7 Å². The maximum atomic E-state index is 5.78. The fourth-order valence-corrected chi connectivity index (χ4v) is 2.66. The van der Waals surface area contributed by atoms with Crippen LogP contribution in [0.2, 0.25) is 0 Å². The van der Waals surface area contributed by atoms with Gasteiger partial charge in [0.2, 0.25) is 0 Å². The van der Waals surface area contributed by atoms with Crippen LogP contribution in [-0.2, 0) is 0 Å². The summed E-state index contributed by atoms with van der Waals surface area (Å²) >= 11 is 3.43. The highest BCUT2D eigenvalue weighted by atomic mass is 79.9. The van der Waals surface area contributed by atoms with Crippen LogP contribution < -0.4 is 10.1 Å². The molecule has 0 amide bonds. The van der Waals surface area contributed by atoms with E-state index in [4.69, 9.17) is 4.74 Å². The van der Waals surface area contributed by atoms with Crippen LogP contribution in [0.15, 0.2) is 28.7 Å². The molecular weight excluding hydrogens is 304 g/mol. The molecule has 1 aliphatic heterocycles. The molecule has 1 N–H and O–H groups in total. The van der Waals surface area contributed by atoms with E-state index in [1.807, 2.05) is 24.3 Å². The molecular formula is C15H23BrN2O. The lowest BCUT2D eigenvalue weighted by Crippen LogP contribution is -2.58. The Balaban J connectivity index is 1.75. The van der Waals surface area contributed by atoms with Crippen LogP contribution in [0.1, 0.15) is 20.3 Å². The third-order valence-corrected chi connectivity index (χ3v) is 4.35. The summed E-state index contributed by atoms with van der Waals surface area (Å²) in [5, 5.41) is 3.60. The minimum Gasteiger partial charge on any atom is -0.492 e. The molecule has 1 heterocycles. The molecule has 2 rings (SSSR count). The summed E-state index contributed by atoms with van der Waals surface area (Å²) < 4.78 is 6.87. The van der Waals surface area contributed by atoms with Crippen molar-refractivity contribution in [1.29, 1.82) is 0 Å². The van der Waals surface area contributed by atoms with Crippen molar-refractivity contribution in [1.82, 2.24) is 10.2 Å². The molecule has 106 valence electrons. The van der Waals surface area contributed by atoms with E-state index in [-0.39, 0.29) is 5.54 Å². The summed E-state index contributed by atoms with van der Waals surface area (Å²) in [5.41, 5.74) is 0.260. The number of nitrogens with one attached hydrogen (secondary N) is 1. The number of rotatable bonds is 5. The Labute approximate surface area is 124 Å². The Hall–Kier alpha value is -0.580. The first-order chi connectivity index (χ1) is 9.11. The second-order valence-corrected chi connectivity index (χ2v) is 6.34. The van der Waals surface area contributed by atoms with Crippen LogP contribution in [0.3, 0.4) is 0 Å². The molecule has 1 unspecified atom stereocenters. The summed E-state index contributed by atoms with van der Waals surface area (Å²) in [5.74, 6) is 0.941. The van der Waals surface area contributed by atoms with Gasteiger partial charge in [0.1, 0.15) is 12.4 Å². The van der Waals surface area contributed by atoms with E-state index < -0.39 is 0 Å². The molecule has 0 aliphatic carbocycles. The van der Waals surface area contributed by atoms with Crippen molar-refractivity contribution in [2.24, 2.45) is 0 Å². The molecule has 0 radical (unpaired) electrons. The summed E-state index contributed by atoms with van der Waals surface area (Å²) in [6, 6.07) is 8.01. The number of ether oxygens (including phenoxy) is 1. The molecule has 1 fully saturated rings. The van der Waals surface area contributed by atoms with Gasteiger partial charge < -0.3 is 10.1 Å². The quantitative estimate of drug-likeness (QED) is 0.900. The van der Waals surface area contributed by atoms with Gasteiger partial charge in [-0.05, 0) is 37.6 Å². The molecule has 3 nitrogen and oxygen atoms in total. The summed E-state index contributed by atoms with van der Waals surface area (Å²) in [4.78, 5) is 2.48. The first-order valence-electron chi connectivity index (χ1n) is 6.97. The Bertz CT molecular complexity index is 396. The van der Waals surface area contributed by atoms with E-state index in [0.717, 1.165) is 49.4 Å². The predicted molar refractivity (Wildman–Crippen MR) is 82.8 cm³/mol. The molecule has 0 saturated carbocycles. The molecule has 4 heteroatoms. The zero-order chi connectivity index (χ0) is 13.7.